The van der Waals surface area contributed by atoms with Crippen molar-refractivity contribution in [2.45, 2.75) is 51.0 Å². The Morgan fingerprint density at radius 1 is 1.07 bits per heavy atom. The van der Waals surface area contributed by atoms with Gasteiger partial charge in [-0.05, 0) is 49.6 Å². The molecule has 0 atom stereocenters. The van der Waals surface area contributed by atoms with Crippen LogP contribution in [0.25, 0.3) is 0 Å². The Morgan fingerprint density at radius 2 is 1.75 bits per heavy atom. The first kappa shape index (κ1) is 20.5. The average Bonchev–Trinajstić information content (AvgIpc) is 2.70. The third-order valence-corrected chi connectivity index (χ3v) is 7.04. The number of nitrogens with zero attached hydrogens (tertiary/aromatic N) is 2. The van der Waals surface area contributed by atoms with E-state index >= 15 is 0 Å². The SMILES string of the molecule is CCc1ccc(C)[n+](CC(=O)Nc2ccc(S(=O)(=O)N3CCCCC3)cc2)c1. The molecule has 0 bridgehead atoms. The Morgan fingerprint density at radius 3 is 2.39 bits per heavy atom. The van der Waals surface area contributed by atoms with Crippen molar-refractivity contribution in [2.75, 3.05) is 18.4 Å². The van der Waals surface area contributed by atoms with E-state index in [-0.39, 0.29) is 17.3 Å². The van der Waals surface area contributed by atoms with Gasteiger partial charge in [0.1, 0.15) is 0 Å². The molecular weight excluding hydrogens is 374 g/mol. The van der Waals surface area contributed by atoms with Crippen LogP contribution in [0.4, 0.5) is 5.69 Å². The van der Waals surface area contributed by atoms with Crippen molar-refractivity contribution in [3.05, 3.63) is 53.9 Å². The maximum atomic E-state index is 12.7. The van der Waals surface area contributed by atoms with E-state index in [1.807, 2.05) is 23.8 Å². The highest BCUT2D eigenvalue weighted by Gasteiger charge is 2.25. The van der Waals surface area contributed by atoms with Crippen molar-refractivity contribution in [3.8, 4) is 0 Å². The summed E-state index contributed by atoms with van der Waals surface area (Å²) in [5.74, 6) is -0.145. The van der Waals surface area contributed by atoms with E-state index in [0.717, 1.165) is 31.4 Å². The van der Waals surface area contributed by atoms with Gasteiger partial charge in [-0.15, -0.1) is 0 Å². The van der Waals surface area contributed by atoms with Gasteiger partial charge in [-0.3, -0.25) is 4.79 Å². The van der Waals surface area contributed by atoms with Gasteiger partial charge < -0.3 is 5.32 Å². The standard InChI is InChI=1S/C21H27N3O3S/c1-3-18-8-7-17(2)23(15-18)16-21(25)22-19-9-11-20(12-10-19)28(26,27)24-13-5-4-6-14-24/h7-12,15H,3-6,13-14,16H2,1-2H3/p+1. The smallest absolute Gasteiger partial charge is 0.290 e. The molecule has 2 heterocycles. The van der Waals surface area contributed by atoms with Crippen molar-refractivity contribution in [3.63, 3.8) is 0 Å². The third-order valence-electron chi connectivity index (χ3n) is 5.13. The summed E-state index contributed by atoms with van der Waals surface area (Å²) in [6.07, 6.45) is 5.79. The van der Waals surface area contributed by atoms with Crippen LogP contribution in [0, 0.1) is 6.92 Å². The lowest BCUT2D eigenvalue weighted by atomic mass is 10.2. The highest BCUT2D eigenvalue weighted by atomic mass is 32.2. The number of sulfonamides is 1. The fraction of sp³-hybridized carbons (Fsp3) is 0.429. The highest BCUT2D eigenvalue weighted by molar-refractivity contribution is 7.89. The van der Waals surface area contributed by atoms with Gasteiger partial charge >= 0.3 is 0 Å². The van der Waals surface area contributed by atoms with Crippen LogP contribution in [0.5, 0.6) is 0 Å². The van der Waals surface area contributed by atoms with Gasteiger partial charge in [0.05, 0.1) is 4.90 Å². The molecule has 0 aliphatic carbocycles. The van der Waals surface area contributed by atoms with E-state index in [4.69, 9.17) is 0 Å². The molecule has 0 unspecified atom stereocenters. The monoisotopic (exact) mass is 402 g/mol. The summed E-state index contributed by atoms with van der Waals surface area (Å²) < 4.78 is 28.9. The number of pyridine rings is 1. The summed E-state index contributed by atoms with van der Waals surface area (Å²) in [6, 6.07) is 10.5. The number of rotatable bonds is 6. The zero-order chi connectivity index (χ0) is 20.1. The van der Waals surface area contributed by atoms with Crippen LogP contribution in [0.3, 0.4) is 0 Å². The maximum absolute atomic E-state index is 12.7. The molecule has 1 fully saturated rings. The highest BCUT2D eigenvalue weighted by Crippen LogP contribution is 2.22. The number of carbonyl (C=O) groups is 1. The van der Waals surface area contributed by atoms with Gasteiger partial charge in [0.25, 0.3) is 5.91 Å². The number of amides is 1. The predicted octanol–water partition coefficient (Wildman–Crippen LogP) is 2.66. The lowest BCUT2D eigenvalue weighted by Gasteiger charge is -2.25. The summed E-state index contributed by atoms with van der Waals surface area (Å²) in [5, 5.41) is 2.85. The minimum absolute atomic E-state index is 0.145. The first-order valence-electron chi connectivity index (χ1n) is 9.79. The fourth-order valence-electron chi connectivity index (χ4n) is 3.37. The summed E-state index contributed by atoms with van der Waals surface area (Å²) in [7, 11) is -3.45. The van der Waals surface area contributed by atoms with E-state index < -0.39 is 10.0 Å². The zero-order valence-electron chi connectivity index (χ0n) is 16.5. The van der Waals surface area contributed by atoms with Gasteiger partial charge in [-0.2, -0.15) is 8.87 Å². The maximum Gasteiger partial charge on any atom is 0.290 e. The molecule has 28 heavy (non-hydrogen) atoms. The van der Waals surface area contributed by atoms with E-state index in [2.05, 4.69) is 18.3 Å². The Balaban J connectivity index is 1.66. The Labute approximate surface area is 167 Å². The quantitative estimate of drug-likeness (QED) is 0.755. The number of aryl methyl sites for hydroxylation is 2. The Hall–Kier alpha value is -2.25. The summed E-state index contributed by atoms with van der Waals surface area (Å²) in [5.41, 5.74) is 2.77. The lowest BCUT2D eigenvalue weighted by molar-refractivity contribution is -0.690. The van der Waals surface area contributed by atoms with Crippen molar-refractivity contribution >= 4 is 21.6 Å². The molecule has 1 amide bonds. The molecule has 150 valence electrons. The van der Waals surface area contributed by atoms with Crippen LogP contribution >= 0.6 is 0 Å². The molecule has 7 heteroatoms. The number of anilines is 1. The molecule has 3 rings (SSSR count). The van der Waals surface area contributed by atoms with Crippen molar-refractivity contribution < 1.29 is 17.8 Å². The van der Waals surface area contributed by atoms with E-state index in [0.29, 0.717) is 18.8 Å². The topological polar surface area (TPSA) is 70.4 Å². The summed E-state index contributed by atoms with van der Waals surface area (Å²) in [6.45, 7) is 5.41. The number of benzene rings is 1. The number of nitrogens with one attached hydrogen (secondary N) is 1. The first-order chi connectivity index (χ1) is 13.4. The van der Waals surface area contributed by atoms with Crippen LogP contribution in [0.2, 0.25) is 0 Å². The van der Waals surface area contributed by atoms with Crippen LogP contribution < -0.4 is 9.88 Å². The van der Waals surface area contributed by atoms with Crippen LogP contribution in [0.15, 0.2) is 47.5 Å². The summed E-state index contributed by atoms with van der Waals surface area (Å²) >= 11 is 0. The van der Waals surface area contributed by atoms with Crippen LogP contribution in [-0.2, 0) is 27.8 Å². The zero-order valence-corrected chi connectivity index (χ0v) is 17.3. The first-order valence-corrected chi connectivity index (χ1v) is 11.2. The predicted molar refractivity (Wildman–Crippen MR) is 108 cm³/mol. The number of hydrogen-bond acceptors (Lipinski definition) is 3. The Bertz CT molecular complexity index is 934. The van der Waals surface area contributed by atoms with Gasteiger partial charge in [-0.25, -0.2) is 8.42 Å². The van der Waals surface area contributed by atoms with E-state index in [9.17, 15) is 13.2 Å². The third kappa shape index (κ3) is 4.77. The number of hydrogen-bond donors (Lipinski definition) is 1. The average molecular weight is 403 g/mol. The second kappa shape index (κ2) is 8.84. The molecular formula is C21H28N3O3S+. The van der Waals surface area contributed by atoms with Gasteiger partial charge in [0.15, 0.2) is 11.9 Å². The van der Waals surface area contributed by atoms with Gasteiger partial charge in [-0.1, -0.05) is 13.3 Å². The minimum Gasteiger partial charge on any atom is -0.321 e. The van der Waals surface area contributed by atoms with Crippen molar-refractivity contribution in [1.82, 2.24) is 4.31 Å². The molecule has 0 saturated carbocycles. The minimum atomic E-state index is -3.45. The molecule has 1 N–H and O–H groups in total. The second-order valence-electron chi connectivity index (χ2n) is 7.20. The van der Waals surface area contributed by atoms with Gasteiger partial charge in [0.2, 0.25) is 16.6 Å². The van der Waals surface area contributed by atoms with Crippen LogP contribution in [0.1, 0.15) is 37.4 Å². The Kier molecular flexibility index (Phi) is 6.46. The second-order valence-corrected chi connectivity index (χ2v) is 9.14. The number of aromatic nitrogens is 1. The molecule has 1 aliphatic rings. The molecule has 0 radical (unpaired) electrons. The van der Waals surface area contributed by atoms with Gasteiger partial charge in [0, 0.05) is 37.3 Å². The molecule has 2 aromatic rings. The fourth-order valence-corrected chi connectivity index (χ4v) is 4.88. The lowest BCUT2D eigenvalue weighted by Crippen LogP contribution is -2.43. The molecule has 1 saturated heterocycles. The van der Waals surface area contributed by atoms with E-state index in [1.54, 1.807) is 28.6 Å². The molecule has 1 aromatic heterocycles. The largest absolute Gasteiger partial charge is 0.321 e. The molecule has 0 spiro atoms. The molecule has 6 nitrogen and oxygen atoms in total. The number of carbonyl (C=O) groups excluding carboxylic acids is 1. The van der Waals surface area contributed by atoms with Crippen molar-refractivity contribution in [1.29, 1.82) is 0 Å². The molecule has 1 aromatic carbocycles. The molecule has 1 aliphatic heterocycles. The van der Waals surface area contributed by atoms with E-state index in [1.165, 1.54) is 5.56 Å². The summed E-state index contributed by atoms with van der Waals surface area (Å²) in [4.78, 5) is 12.7. The number of piperidine rings is 1. The normalized spacial score (nSPS) is 15.4. The van der Waals surface area contributed by atoms with Crippen LogP contribution in [-0.4, -0.2) is 31.7 Å². The van der Waals surface area contributed by atoms with Crippen molar-refractivity contribution in [2.24, 2.45) is 0 Å².